The molecular formula is C40H56Cl2N4O4. The Morgan fingerprint density at radius 3 is 1.60 bits per heavy atom. The van der Waals surface area contributed by atoms with E-state index in [-0.39, 0.29) is 37.0 Å². The quantitative estimate of drug-likeness (QED) is 0.242. The average molecular weight is 728 g/mol. The fraction of sp³-hybridized carbons (Fsp3) is 0.550. The Balaban J connectivity index is 0.00000281. The second-order valence-electron chi connectivity index (χ2n) is 14.0. The van der Waals surface area contributed by atoms with Gasteiger partial charge in [0.05, 0.1) is 0 Å². The highest BCUT2D eigenvalue weighted by atomic mass is 35.5. The first-order valence-electron chi connectivity index (χ1n) is 18.4. The van der Waals surface area contributed by atoms with Gasteiger partial charge in [-0.25, -0.2) is 9.59 Å². The van der Waals surface area contributed by atoms with Crippen LogP contribution < -0.4 is 9.47 Å². The van der Waals surface area contributed by atoms with E-state index in [1.165, 1.54) is 64.7 Å². The number of hydrogen-bond acceptors (Lipinski definition) is 6. The molecule has 8 nitrogen and oxygen atoms in total. The normalized spacial score (nSPS) is 19.5. The number of carbonyl (C=O) groups is 2. The predicted molar refractivity (Wildman–Crippen MR) is 206 cm³/mol. The van der Waals surface area contributed by atoms with Crippen molar-refractivity contribution in [3.8, 4) is 22.6 Å². The Morgan fingerprint density at radius 1 is 0.620 bits per heavy atom. The number of benzene rings is 2. The Bertz CT molecular complexity index is 1430. The molecule has 0 unspecified atom stereocenters. The van der Waals surface area contributed by atoms with E-state index in [1.54, 1.807) is 0 Å². The van der Waals surface area contributed by atoms with Gasteiger partial charge in [0.2, 0.25) is 0 Å². The highest BCUT2D eigenvalue weighted by molar-refractivity contribution is 5.85. The first kappa shape index (κ1) is 39.7. The van der Waals surface area contributed by atoms with E-state index in [0.29, 0.717) is 49.5 Å². The fourth-order valence-corrected chi connectivity index (χ4v) is 8.06. The molecule has 0 saturated carbocycles. The van der Waals surface area contributed by atoms with Crippen molar-refractivity contribution in [3.05, 3.63) is 72.8 Å². The van der Waals surface area contributed by atoms with Crippen LogP contribution in [-0.4, -0.2) is 96.2 Å². The molecule has 6 rings (SSSR count). The van der Waals surface area contributed by atoms with Crippen LogP contribution in [0.1, 0.15) is 75.3 Å². The minimum atomic E-state index is -0.300. The summed E-state index contributed by atoms with van der Waals surface area (Å²) in [5.74, 6) is 1.07. The standard InChI is InChI=1S/C40H54N4O4.2ClH/c1-3-11-31-13-15-38(48-40(46)44-27-19-35(20-28-44)42-23-9-6-10-24-42)36(29-31)32-14-16-37(33(30-32)12-4-2)47-39(45)43-25-17-34(18-26-43)41-21-7-5-8-22-41;;/h3-4,13-16,29-30,34-35H,1-2,5-12,17-28H2;2*1H. The lowest BCUT2D eigenvalue weighted by molar-refractivity contribution is 0.0874. The van der Waals surface area contributed by atoms with Crippen LogP contribution in [0.3, 0.4) is 0 Å². The van der Waals surface area contributed by atoms with E-state index in [4.69, 9.17) is 9.47 Å². The third-order valence-electron chi connectivity index (χ3n) is 10.8. The number of halogens is 2. The van der Waals surface area contributed by atoms with Gasteiger partial charge in [0.25, 0.3) is 0 Å². The zero-order chi connectivity index (χ0) is 33.3. The average Bonchev–Trinajstić information content (AvgIpc) is 3.14. The maximum atomic E-state index is 13.4. The third-order valence-corrected chi connectivity index (χ3v) is 10.8. The molecule has 0 N–H and O–H groups in total. The van der Waals surface area contributed by atoms with Crippen molar-refractivity contribution < 1.29 is 19.1 Å². The van der Waals surface area contributed by atoms with E-state index in [0.717, 1.165) is 61.0 Å². The van der Waals surface area contributed by atoms with Crippen LogP contribution in [0.4, 0.5) is 9.59 Å². The molecule has 2 aromatic carbocycles. The molecule has 4 aliphatic heterocycles. The SMILES string of the molecule is C=CCc1ccc(OC(=O)N2CCC(N3CCCCC3)CC2)c(-c2ccc(OC(=O)N3CCC(N4CCCCC4)CC3)c(CC=C)c2)c1.Cl.Cl. The molecular weight excluding hydrogens is 671 g/mol. The number of rotatable bonds is 9. The maximum Gasteiger partial charge on any atom is 0.415 e. The van der Waals surface area contributed by atoms with Crippen LogP contribution in [0.5, 0.6) is 11.5 Å². The van der Waals surface area contributed by atoms with Crippen molar-refractivity contribution in [1.29, 1.82) is 0 Å². The lowest BCUT2D eigenvalue weighted by Gasteiger charge is -2.39. The van der Waals surface area contributed by atoms with Gasteiger partial charge in [0.15, 0.2) is 0 Å². The number of nitrogens with zero attached hydrogens (tertiary/aromatic N) is 4. The molecule has 4 saturated heterocycles. The largest absolute Gasteiger partial charge is 0.415 e. The molecule has 2 aromatic rings. The topological polar surface area (TPSA) is 65.6 Å². The van der Waals surface area contributed by atoms with E-state index < -0.39 is 0 Å². The predicted octanol–water partition coefficient (Wildman–Crippen LogP) is 8.55. The second kappa shape index (κ2) is 19.5. The van der Waals surface area contributed by atoms with Crippen LogP contribution >= 0.6 is 24.8 Å². The Hall–Kier alpha value is -3.04. The third kappa shape index (κ3) is 10.1. The first-order chi connectivity index (χ1) is 23.5. The monoisotopic (exact) mass is 726 g/mol. The van der Waals surface area contributed by atoms with E-state index in [2.05, 4.69) is 29.0 Å². The number of likely N-dealkylation sites (tertiary alicyclic amines) is 4. The van der Waals surface area contributed by atoms with Crippen LogP contribution in [0, 0.1) is 0 Å². The summed E-state index contributed by atoms with van der Waals surface area (Å²) in [7, 11) is 0. The second-order valence-corrected chi connectivity index (χ2v) is 14.0. The summed E-state index contributed by atoms with van der Waals surface area (Å²) in [5.41, 5.74) is 3.67. The molecule has 0 aliphatic carbocycles. The maximum absolute atomic E-state index is 13.4. The van der Waals surface area contributed by atoms with Gasteiger partial charge >= 0.3 is 12.2 Å². The summed E-state index contributed by atoms with van der Waals surface area (Å²) in [5, 5.41) is 0. The van der Waals surface area contributed by atoms with Crippen molar-refractivity contribution >= 4 is 37.0 Å². The molecule has 2 amide bonds. The van der Waals surface area contributed by atoms with E-state index in [1.807, 2.05) is 52.3 Å². The molecule has 4 heterocycles. The van der Waals surface area contributed by atoms with Crippen molar-refractivity contribution in [2.45, 2.75) is 89.1 Å². The minimum absolute atomic E-state index is 0. The Labute approximate surface area is 311 Å². The van der Waals surface area contributed by atoms with Crippen LogP contribution in [-0.2, 0) is 12.8 Å². The molecule has 0 spiro atoms. The Morgan fingerprint density at radius 2 is 1.10 bits per heavy atom. The summed E-state index contributed by atoms with van der Waals surface area (Å²) >= 11 is 0. The van der Waals surface area contributed by atoms with E-state index >= 15 is 0 Å². The molecule has 0 atom stereocenters. The number of carbonyl (C=O) groups excluding carboxylic acids is 2. The molecule has 274 valence electrons. The molecule has 50 heavy (non-hydrogen) atoms. The van der Waals surface area contributed by atoms with Crippen molar-refractivity contribution in [2.24, 2.45) is 0 Å². The zero-order valence-electron chi connectivity index (χ0n) is 29.6. The Kier molecular flexibility index (Phi) is 15.5. The molecule has 4 aliphatic rings. The number of hydrogen-bond donors (Lipinski definition) is 0. The number of piperidine rings is 4. The minimum Gasteiger partial charge on any atom is -0.410 e. The van der Waals surface area contributed by atoms with Gasteiger partial charge in [0, 0.05) is 43.8 Å². The number of ether oxygens (including phenoxy) is 2. The van der Waals surface area contributed by atoms with Crippen LogP contribution in [0.25, 0.3) is 11.1 Å². The fourth-order valence-electron chi connectivity index (χ4n) is 8.06. The highest BCUT2D eigenvalue weighted by Gasteiger charge is 2.30. The summed E-state index contributed by atoms with van der Waals surface area (Å²) < 4.78 is 12.1. The van der Waals surface area contributed by atoms with Crippen LogP contribution in [0.2, 0.25) is 0 Å². The number of allylic oxidation sites excluding steroid dienone is 2. The zero-order valence-corrected chi connectivity index (χ0v) is 31.2. The van der Waals surface area contributed by atoms with Gasteiger partial charge in [-0.2, -0.15) is 0 Å². The summed E-state index contributed by atoms with van der Waals surface area (Å²) in [4.78, 5) is 35.7. The molecule has 10 heteroatoms. The van der Waals surface area contributed by atoms with Gasteiger partial charge in [0.1, 0.15) is 11.5 Å². The smallest absolute Gasteiger partial charge is 0.410 e. The van der Waals surface area contributed by atoms with Gasteiger partial charge in [-0.1, -0.05) is 37.1 Å². The lowest BCUT2D eigenvalue weighted by atomic mass is 9.97. The lowest BCUT2D eigenvalue weighted by Crippen LogP contribution is -2.48. The van der Waals surface area contributed by atoms with Gasteiger partial charge in [-0.15, -0.1) is 38.0 Å². The van der Waals surface area contributed by atoms with Crippen molar-refractivity contribution in [3.63, 3.8) is 0 Å². The van der Waals surface area contributed by atoms with Crippen molar-refractivity contribution in [1.82, 2.24) is 19.6 Å². The van der Waals surface area contributed by atoms with Crippen molar-refractivity contribution in [2.75, 3.05) is 52.4 Å². The van der Waals surface area contributed by atoms with Gasteiger partial charge in [-0.05, 0) is 131 Å². The van der Waals surface area contributed by atoms with Gasteiger partial charge in [-0.3, -0.25) is 0 Å². The highest BCUT2D eigenvalue weighted by Crippen LogP contribution is 2.36. The molecule has 0 bridgehead atoms. The summed E-state index contributed by atoms with van der Waals surface area (Å²) in [6.07, 6.45) is 16.1. The van der Waals surface area contributed by atoms with E-state index in [9.17, 15) is 9.59 Å². The first-order valence-corrected chi connectivity index (χ1v) is 18.4. The molecule has 0 aromatic heterocycles. The van der Waals surface area contributed by atoms with Gasteiger partial charge < -0.3 is 29.1 Å². The molecule has 0 radical (unpaired) electrons. The summed E-state index contributed by atoms with van der Waals surface area (Å²) in [6, 6.07) is 12.9. The number of amides is 2. The molecule has 4 fully saturated rings. The summed E-state index contributed by atoms with van der Waals surface area (Å²) in [6.45, 7) is 15.5. The van der Waals surface area contributed by atoms with Crippen LogP contribution in [0.15, 0.2) is 61.7 Å².